The molecule has 0 amide bonds. The van der Waals surface area contributed by atoms with Crippen LogP contribution in [-0.4, -0.2) is 28.0 Å². The van der Waals surface area contributed by atoms with Crippen LogP contribution in [0.2, 0.25) is 0 Å². The molecule has 5 rings (SSSR count). The topological polar surface area (TPSA) is 76.5 Å². The van der Waals surface area contributed by atoms with Crippen LogP contribution in [0.3, 0.4) is 0 Å². The minimum absolute atomic E-state index is 0. The maximum absolute atomic E-state index is 12.2. The Kier molecular flexibility index (Phi) is 6.66. The molecule has 5 nitrogen and oxygen atoms in total. The number of allylic oxidation sites excluding steroid dienone is 1. The zero-order valence-electron chi connectivity index (χ0n) is 17.4. The number of hydrogen-bond donors (Lipinski definition) is 0. The number of rotatable bonds is 2. The number of fused-ring (bicyclic) bond motifs is 3. The summed E-state index contributed by atoms with van der Waals surface area (Å²) < 4.78 is 0. The molecule has 1 aromatic heterocycles. The first-order valence-corrected chi connectivity index (χ1v) is 10.4. The molecule has 0 saturated carbocycles. The largest absolute Gasteiger partial charge is 0.253 e. The molecule has 0 N–H and O–H groups in total. The number of carbonyl (C=O) groups excluding carboxylic acids is 3. The van der Waals surface area contributed by atoms with E-state index in [9.17, 15) is 14.4 Å². The zero-order chi connectivity index (χ0) is 22.9. The molecule has 0 aliphatic carbocycles. The number of pyridine rings is 1. The van der Waals surface area contributed by atoms with Gasteiger partial charge in [-0.1, -0.05) is 72.3 Å². The molecule has 0 fully saturated rings. The smallest absolute Gasteiger partial charge is 0.134 e. The Balaban J connectivity index is 0.00000274. The Labute approximate surface area is 212 Å². The van der Waals surface area contributed by atoms with Crippen molar-refractivity contribution >= 4 is 56.8 Å². The van der Waals surface area contributed by atoms with E-state index in [0.29, 0.717) is 16.5 Å². The maximum Gasteiger partial charge on any atom is 0.134 e. The van der Waals surface area contributed by atoms with Gasteiger partial charge in [-0.25, -0.2) is 19.4 Å². The van der Waals surface area contributed by atoms with Crippen LogP contribution in [0.25, 0.3) is 27.6 Å². The SMILES string of the molecule is O=C=C1c2c(c3ncc(-c4ccccc4)cc3c(=C=O)c2=C=O)N=C(Cl)C1c1ccccc1.[Re]. The molecule has 1 radical (unpaired) electrons. The van der Waals surface area contributed by atoms with Crippen molar-refractivity contribution < 1.29 is 34.8 Å². The summed E-state index contributed by atoms with van der Waals surface area (Å²) in [6.07, 6.45) is 1.65. The fourth-order valence-corrected chi connectivity index (χ4v) is 4.52. The van der Waals surface area contributed by atoms with Crippen molar-refractivity contribution in [3.8, 4) is 11.1 Å². The van der Waals surface area contributed by atoms with Crippen molar-refractivity contribution in [3.05, 3.63) is 94.5 Å². The molecule has 1 unspecified atom stereocenters. The van der Waals surface area contributed by atoms with E-state index in [1.165, 1.54) is 0 Å². The van der Waals surface area contributed by atoms with Crippen LogP contribution in [0.15, 0.2) is 77.9 Å². The van der Waals surface area contributed by atoms with Gasteiger partial charge in [0.1, 0.15) is 28.7 Å². The summed E-state index contributed by atoms with van der Waals surface area (Å²) in [4.78, 5) is 45.4. The predicted molar refractivity (Wildman–Crippen MR) is 127 cm³/mol. The summed E-state index contributed by atoms with van der Waals surface area (Å²) in [7, 11) is 0. The average molecular weight is 635 g/mol. The van der Waals surface area contributed by atoms with Gasteiger partial charge in [-0.3, -0.25) is 4.98 Å². The van der Waals surface area contributed by atoms with E-state index in [2.05, 4.69) is 9.98 Å². The van der Waals surface area contributed by atoms with Gasteiger partial charge < -0.3 is 0 Å². The maximum atomic E-state index is 12.2. The van der Waals surface area contributed by atoms with Gasteiger partial charge in [0, 0.05) is 43.1 Å². The second kappa shape index (κ2) is 9.66. The fraction of sp³-hybridized carbons (Fsp3) is 0.0370. The Morgan fingerprint density at radius 1 is 0.794 bits per heavy atom. The molecule has 4 aromatic rings. The predicted octanol–water partition coefficient (Wildman–Crippen LogP) is 3.19. The molecule has 7 heteroatoms. The minimum Gasteiger partial charge on any atom is -0.253 e. The number of aromatic nitrogens is 1. The second-order valence-electron chi connectivity index (χ2n) is 7.46. The van der Waals surface area contributed by atoms with Gasteiger partial charge in [0.2, 0.25) is 0 Å². The van der Waals surface area contributed by atoms with E-state index in [4.69, 9.17) is 11.6 Å². The minimum atomic E-state index is -0.731. The number of aliphatic imine (C=N–C) groups is 1. The van der Waals surface area contributed by atoms with Gasteiger partial charge in [-0.15, -0.1) is 0 Å². The molecule has 34 heavy (non-hydrogen) atoms. The fourth-order valence-electron chi connectivity index (χ4n) is 4.20. The van der Waals surface area contributed by atoms with Gasteiger partial charge in [-0.05, 0) is 17.2 Å². The number of halogens is 1. The number of nitrogens with zero attached hydrogens (tertiary/aromatic N) is 2. The molecular weight excluding hydrogens is 622 g/mol. The van der Waals surface area contributed by atoms with Crippen LogP contribution >= 0.6 is 11.6 Å². The first kappa shape index (κ1) is 23.5. The second-order valence-corrected chi connectivity index (χ2v) is 7.85. The molecular formula is C27H13ClN2O3Re. The molecule has 0 saturated heterocycles. The van der Waals surface area contributed by atoms with Crippen LogP contribution in [0.4, 0.5) is 5.69 Å². The third-order valence-corrected chi connectivity index (χ3v) is 5.99. The first-order valence-electron chi connectivity index (χ1n) is 10.0. The van der Waals surface area contributed by atoms with Gasteiger partial charge in [0.05, 0.1) is 27.4 Å². The molecule has 163 valence electrons. The van der Waals surface area contributed by atoms with E-state index < -0.39 is 5.92 Å². The Hall–Kier alpha value is -3.70. The van der Waals surface area contributed by atoms with E-state index in [-0.39, 0.29) is 52.9 Å². The van der Waals surface area contributed by atoms with Crippen molar-refractivity contribution in [2.45, 2.75) is 5.92 Å². The summed E-state index contributed by atoms with van der Waals surface area (Å²) in [6.45, 7) is 0. The Morgan fingerprint density at radius 2 is 1.44 bits per heavy atom. The quantitative estimate of drug-likeness (QED) is 0.318. The van der Waals surface area contributed by atoms with Crippen LogP contribution in [-0.2, 0) is 34.8 Å². The summed E-state index contributed by atoms with van der Waals surface area (Å²) in [5, 5.41) is 0.380. The van der Waals surface area contributed by atoms with E-state index in [0.717, 1.165) is 11.1 Å². The van der Waals surface area contributed by atoms with Crippen LogP contribution in [0.5, 0.6) is 0 Å². The number of hydrogen-bond acceptors (Lipinski definition) is 5. The van der Waals surface area contributed by atoms with E-state index >= 15 is 0 Å². The van der Waals surface area contributed by atoms with Crippen LogP contribution in [0, 0.1) is 0 Å². The monoisotopic (exact) mass is 635 g/mol. The standard InChI is InChI=1S/C27H13ClN2O3.Re/c28-27-23(17-9-5-2-6-10-17)22(15-33)24-21(14-32)20(13-31)19-11-18(16-7-3-1-4-8-16)12-29-25(19)26(24)30-27;/h1-12,23H;. The molecule has 3 aromatic carbocycles. The van der Waals surface area contributed by atoms with Crippen molar-refractivity contribution in [3.63, 3.8) is 0 Å². The molecule has 0 bridgehead atoms. The molecule has 1 aliphatic rings. The summed E-state index contributed by atoms with van der Waals surface area (Å²) in [6, 6.07) is 20.3. The molecule has 2 heterocycles. The van der Waals surface area contributed by atoms with E-state index in [1.54, 1.807) is 24.4 Å². The van der Waals surface area contributed by atoms with Crippen molar-refractivity contribution in [2.24, 2.45) is 4.99 Å². The van der Waals surface area contributed by atoms with Crippen molar-refractivity contribution in [1.82, 2.24) is 4.98 Å². The Morgan fingerprint density at radius 3 is 2.06 bits per heavy atom. The van der Waals surface area contributed by atoms with Crippen molar-refractivity contribution in [2.75, 3.05) is 0 Å². The third kappa shape index (κ3) is 3.72. The van der Waals surface area contributed by atoms with Gasteiger partial charge in [0.15, 0.2) is 0 Å². The van der Waals surface area contributed by atoms with Crippen LogP contribution < -0.4 is 10.4 Å². The molecule has 1 aliphatic heterocycles. The average Bonchev–Trinajstić information content (AvgIpc) is 2.87. The van der Waals surface area contributed by atoms with Crippen LogP contribution in [0.1, 0.15) is 17.0 Å². The van der Waals surface area contributed by atoms with Gasteiger partial charge in [-0.2, -0.15) is 0 Å². The van der Waals surface area contributed by atoms with E-state index in [1.807, 2.05) is 66.4 Å². The normalized spacial score (nSPS) is 14.2. The summed E-state index contributed by atoms with van der Waals surface area (Å²) in [5.41, 5.74) is 3.16. The third-order valence-electron chi connectivity index (χ3n) is 5.69. The zero-order valence-corrected chi connectivity index (χ0v) is 20.9. The van der Waals surface area contributed by atoms with Gasteiger partial charge in [0.25, 0.3) is 0 Å². The first-order chi connectivity index (χ1) is 16.2. The number of benzene rings is 3. The summed E-state index contributed by atoms with van der Waals surface area (Å²) >= 11 is 6.56. The molecule has 0 spiro atoms. The summed E-state index contributed by atoms with van der Waals surface area (Å²) in [5.74, 6) is 4.88. The Bertz CT molecular complexity index is 1690. The molecule has 1 atom stereocenters. The van der Waals surface area contributed by atoms with Crippen molar-refractivity contribution in [1.29, 1.82) is 0 Å². The van der Waals surface area contributed by atoms with Gasteiger partial charge >= 0.3 is 0 Å².